The number of rotatable bonds is 3. The lowest BCUT2D eigenvalue weighted by atomic mass is 9.88. The maximum absolute atomic E-state index is 13.9. The third-order valence-corrected chi connectivity index (χ3v) is 6.75. The van der Waals surface area contributed by atoms with E-state index in [1.165, 1.54) is 11.0 Å². The van der Waals surface area contributed by atoms with Gasteiger partial charge in [-0.05, 0) is 48.1 Å². The van der Waals surface area contributed by atoms with Crippen LogP contribution >= 0.6 is 0 Å². The van der Waals surface area contributed by atoms with Gasteiger partial charge in [0.1, 0.15) is 11.6 Å². The van der Waals surface area contributed by atoms with Crippen LogP contribution in [0.3, 0.4) is 0 Å². The van der Waals surface area contributed by atoms with Crippen LogP contribution in [-0.2, 0) is 22.6 Å². The number of benzene rings is 2. The highest BCUT2D eigenvalue weighted by atomic mass is 19.1. The van der Waals surface area contributed by atoms with Gasteiger partial charge in [0.2, 0.25) is 0 Å². The average molecular weight is 457 g/mol. The number of aliphatic hydroxyl groups is 1. The number of nitrogens with zero attached hydrogens (tertiary/aromatic N) is 2. The molecule has 0 aromatic heterocycles. The Morgan fingerprint density at radius 2 is 1.73 bits per heavy atom. The highest BCUT2D eigenvalue weighted by molar-refractivity contribution is 5.89. The monoisotopic (exact) mass is 457 g/mol. The molecule has 0 unspecified atom stereocenters. The van der Waals surface area contributed by atoms with Gasteiger partial charge in [0, 0.05) is 37.0 Å². The van der Waals surface area contributed by atoms with Gasteiger partial charge in [-0.1, -0.05) is 12.1 Å². The molecule has 2 saturated heterocycles. The Balaban J connectivity index is 1.15. The number of ether oxygens (including phenoxy) is 1. The largest absolute Gasteiger partial charge is 0.376 e. The van der Waals surface area contributed by atoms with Crippen LogP contribution in [-0.4, -0.2) is 58.7 Å². The smallest absolute Gasteiger partial charge is 0.322 e. The van der Waals surface area contributed by atoms with Gasteiger partial charge in [-0.15, -0.1) is 0 Å². The van der Waals surface area contributed by atoms with Gasteiger partial charge in [-0.2, -0.15) is 0 Å². The summed E-state index contributed by atoms with van der Waals surface area (Å²) in [5.74, 6) is -1.24. The first-order valence-corrected chi connectivity index (χ1v) is 11.0. The van der Waals surface area contributed by atoms with Crippen molar-refractivity contribution in [3.8, 4) is 0 Å². The van der Waals surface area contributed by atoms with Crippen molar-refractivity contribution in [3.63, 3.8) is 0 Å². The number of hydrogen-bond acceptors (Lipinski definition) is 4. The summed E-state index contributed by atoms with van der Waals surface area (Å²) in [5, 5.41) is 13.0. The molecule has 0 saturated carbocycles. The van der Waals surface area contributed by atoms with E-state index >= 15 is 0 Å². The van der Waals surface area contributed by atoms with E-state index in [1.54, 1.807) is 4.90 Å². The lowest BCUT2D eigenvalue weighted by Gasteiger charge is -2.41. The Bertz CT molecular complexity index is 1080. The quantitative estimate of drug-likeness (QED) is 0.743. The Morgan fingerprint density at radius 1 is 1.03 bits per heavy atom. The predicted octanol–water partition coefficient (Wildman–Crippen LogP) is 2.98. The molecule has 3 aliphatic rings. The van der Waals surface area contributed by atoms with E-state index in [-0.39, 0.29) is 44.2 Å². The van der Waals surface area contributed by atoms with Gasteiger partial charge in [0.25, 0.3) is 5.91 Å². The maximum atomic E-state index is 13.9. The van der Waals surface area contributed by atoms with E-state index in [2.05, 4.69) is 5.32 Å². The molecule has 2 aromatic rings. The number of anilines is 1. The first kappa shape index (κ1) is 21.8. The van der Waals surface area contributed by atoms with Crippen molar-refractivity contribution in [2.45, 2.75) is 37.5 Å². The Kier molecular flexibility index (Phi) is 5.54. The minimum absolute atomic E-state index is 0.0638. The summed E-state index contributed by atoms with van der Waals surface area (Å²) in [6.07, 6.45) is 1.59. The summed E-state index contributed by atoms with van der Waals surface area (Å²) in [6.45, 7) is 1.55. The van der Waals surface area contributed by atoms with Gasteiger partial charge in [0.15, 0.2) is 5.60 Å². The lowest BCUT2D eigenvalue weighted by molar-refractivity contribution is -0.200. The molecule has 2 N–H and O–H groups in total. The lowest BCUT2D eigenvalue weighted by Crippen LogP contribution is -2.62. The summed E-state index contributed by atoms with van der Waals surface area (Å²) in [5.41, 5.74) is 1.22. The molecule has 3 aliphatic heterocycles. The second-order valence-electron chi connectivity index (χ2n) is 9.02. The van der Waals surface area contributed by atoms with E-state index in [0.717, 1.165) is 24.5 Å². The average Bonchev–Trinajstić information content (AvgIpc) is 3.22. The van der Waals surface area contributed by atoms with Crippen molar-refractivity contribution in [2.75, 3.05) is 31.6 Å². The second kappa shape index (κ2) is 8.39. The maximum Gasteiger partial charge on any atom is 0.322 e. The number of carbonyl (C=O) groups is 2. The molecule has 0 radical (unpaired) electrons. The number of urea groups is 1. The van der Waals surface area contributed by atoms with Crippen LogP contribution in [0.1, 0.15) is 35.4 Å². The molecule has 33 heavy (non-hydrogen) atoms. The van der Waals surface area contributed by atoms with Gasteiger partial charge in [-0.25, -0.2) is 13.6 Å². The number of hydrogen-bond donors (Lipinski definition) is 2. The van der Waals surface area contributed by atoms with Gasteiger partial charge in [0.05, 0.1) is 19.8 Å². The molecule has 0 spiro atoms. The zero-order valence-electron chi connectivity index (χ0n) is 18.0. The summed E-state index contributed by atoms with van der Waals surface area (Å²) in [7, 11) is 0. The van der Waals surface area contributed by atoms with Crippen molar-refractivity contribution in [1.82, 2.24) is 9.80 Å². The number of fused-ring (bicyclic) bond motifs is 1. The molecule has 0 aliphatic carbocycles. The fourth-order valence-electron chi connectivity index (χ4n) is 4.74. The topological polar surface area (TPSA) is 82.1 Å². The number of nitrogens with one attached hydrogen (secondary N) is 1. The summed E-state index contributed by atoms with van der Waals surface area (Å²) >= 11 is 0. The molecule has 3 amide bonds. The van der Waals surface area contributed by atoms with Crippen LogP contribution in [0.2, 0.25) is 0 Å². The molecule has 174 valence electrons. The number of likely N-dealkylation sites (tertiary alicyclic amines) is 1. The number of carbonyl (C=O) groups excluding carboxylic acids is 2. The molecular formula is C24H25F2N3O4. The zero-order chi connectivity index (χ0) is 23.2. The standard InChI is InChI=1S/C24H25F2N3O4/c25-18-9-17-11-29(12-20(17)21(26)10-18)23(31)27-19-3-1-15(2-4-19)16-5-7-28(8-6-16)22(30)24(32)13-33-14-24/h1-4,9-10,16,32H,5-8,11-14H2,(H,27,31). The second-order valence-corrected chi connectivity index (χ2v) is 9.02. The summed E-state index contributed by atoms with van der Waals surface area (Å²) in [4.78, 5) is 28.2. The van der Waals surface area contributed by atoms with Gasteiger partial charge < -0.3 is 25.0 Å². The molecule has 2 aromatic carbocycles. The van der Waals surface area contributed by atoms with Gasteiger partial charge >= 0.3 is 6.03 Å². The van der Waals surface area contributed by atoms with E-state index in [9.17, 15) is 23.5 Å². The third-order valence-electron chi connectivity index (χ3n) is 6.75. The number of piperidine rings is 1. The minimum atomic E-state index is -1.36. The number of halogens is 2. The van der Waals surface area contributed by atoms with Crippen LogP contribution < -0.4 is 5.32 Å². The molecule has 2 fully saturated rings. The van der Waals surface area contributed by atoms with E-state index in [1.807, 2.05) is 24.3 Å². The molecular weight excluding hydrogens is 432 g/mol. The van der Waals surface area contributed by atoms with E-state index in [0.29, 0.717) is 29.9 Å². The summed E-state index contributed by atoms with van der Waals surface area (Å²) in [6, 6.07) is 9.29. The molecule has 0 bridgehead atoms. The Morgan fingerprint density at radius 3 is 2.36 bits per heavy atom. The Hall–Kier alpha value is -3.04. The van der Waals surface area contributed by atoms with Crippen LogP contribution in [0.4, 0.5) is 19.3 Å². The summed E-state index contributed by atoms with van der Waals surface area (Å²) < 4.78 is 32.3. The fourth-order valence-corrected chi connectivity index (χ4v) is 4.74. The van der Waals surface area contributed by atoms with Crippen molar-refractivity contribution >= 4 is 17.6 Å². The van der Waals surface area contributed by atoms with E-state index in [4.69, 9.17) is 4.74 Å². The fraction of sp³-hybridized carbons (Fsp3) is 0.417. The first-order chi connectivity index (χ1) is 15.8. The van der Waals surface area contributed by atoms with Crippen LogP contribution in [0.5, 0.6) is 0 Å². The highest BCUT2D eigenvalue weighted by Crippen LogP contribution is 2.31. The SMILES string of the molecule is O=C(Nc1ccc(C2CCN(C(=O)C3(O)COC3)CC2)cc1)N1Cc2cc(F)cc(F)c2C1. The molecule has 7 nitrogen and oxygen atoms in total. The first-order valence-electron chi connectivity index (χ1n) is 11.0. The van der Waals surface area contributed by atoms with Crippen molar-refractivity contribution in [2.24, 2.45) is 0 Å². The molecule has 0 atom stereocenters. The van der Waals surface area contributed by atoms with Crippen LogP contribution in [0, 0.1) is 11.6 Å². The third kappa shape index (κ3) is 4.18. The van der Waals surface area contributed by atoms with Gasteiger partial charge in [-0.3, -0.25) is 4.79 Å². The molecule has 9 heteroatoms. The predicted molar refractivity (Wildman–Crippen MR) is 115 cm³/mol. The van der Waals surface area contributed by atoms with Crippen molar-refractivity contribution in [3.05, 3.63) is 64.7 Å². The zero-order valence-corrected chi connectivity index (χ0v) is 18.0. The minimum Gasteiger partial charge on any atom is -0.376 e. The van der Waals surface area contributed by atoms with E-state index < -0.39 is 17.2 Å². The van der Waals surface area contributed by atoms with Crippen LogP contribution in [0.25, 0.3) is 0 Å². The molecule has 5 rings (SSSR count). The molecule has 3 heterocycles. The highest BCUT2D eigenvalue weighted by Gasteiger charge is 2.46. The Labute approximate surface area is 189 Å². The normalized spacial score (nSPS) is 19.7. The van der Waals surface area contributed by atoms with Crippen molar-refractivity contribution < 1.29 is 28.2 Å². The van der Waals surface area contributed by atoms with Crippen molar-refractivity contribution in [1.29, 1.82) is 0 Å². The number of amides is 3. The van der Waals surface area contributed by atoms with Crippen LogP contribution in [0.15, 0.2) is 36.4 Å².